The lowest BCUT2D eigenvalue weighted by Gasteiger charge is -2.33. The number of benzene rings is 1. The SMILES string of the molecule is CC(=O)c1ccc(N2CC(=O)NC(=O)C2C)cc1. The second-order valence-electron chi connectivity index (χ2n) is 4.32. The predicted molar refractivity (Wildman–Crippen MR) is 66.4 cm³/mol. The predicted octanol–water partition coefficient (Wildman–Crippen LogP) is 0.740. The molecule has 1 heterocycles. The summed E-state index contributed by atoms with van der Waals surface area (Å²) in [6.45, 7) is 3.38. The van der Waals surface area contributed by atoms with Crippen LogP contribution in [0, 0.1) is 0 Å². The number of carbonyl (C=O) groups excluding carboxylic acids is 3. The van der Waals surface area contributed by atoms with Crippen molar-refractivity contribution in [3.63, 3.8) is 0 Å². The zero-order valence-electron chi connectivity index (χ0n) is 10.3. The smallest absolute Gasteiger partial charge is 0.249 e. The molecule has 0 aromatic heterocycles. The molecule has 1 aliphatic heterocycles. The molecule has 5 nitrogen and oxygen atoms in total. The third-order valence-electron chi connectivity index (χ3n) is 3.03. The lowest BCUT2D eigenvalue weighted by molar-refractivity contribution is -0.132. The van der Waals surface area contributed by atoms with Gasteiger partial charge in [0.25, 0.3) is 0 Å². The van der Waals surface area contributed by atoms with Crippen LogP contribution in [0.25, 0.3) is 0 Å². The van der Waals surface area contributed by atoms with E-state index in [9.17, 15) is 14.4 Å². The van der Waals surface area contributed by atoms with E-state index in [0.717, 1.165) is 5.69 Å². The van der Waals surface area contributed by atoms with E-state index in [4.69, 9.17) is 0 Å². The van der Waals surface area contributed by atoms with Crippen molar-refractivity contribution >= 4 is 23.3 Å². The summed E-state index contributed by atoms with van der Waals surface area (Å²) >= 11 is 0. The van der Waals surface area contributed by atoms with Crippen LogP contribution in [0.2, 0.25) is 0 Å². The van der Waals surface area contributed by atoms with Crippen molar-refractivity contribution in [3.05, 3.63) is 29.8 Å². The van der Waals surface area contributed by atoms with Crippen molar-refractivity contribution in [3.8, 4) is 0 Å². The van der Waals surface area contributed by atoms with Crippen molar-refractivity contribution in [2.24, 2.45) is 0 Å². The first-order valence-electron chi connectivity index (χ1n) is 5.70. The minimum atomic E-state index is -0.397. The second kappa shape index (κ2) is 4.60. The van der Waals surface area contributed by atoms with Gasteiger partial charge in [-0.2, -0.15) is 0 Å². The highest BCUT2D eigenvalue weighted by Gasteiger charge is 2.30. The monoisotopic (exact) mass is 246 g/mol. The summed E-state index contributed by atoms with van der Waals surface area (Å²) in [5.41, 5.74) is 1.37. The van der Waals surface area contributed by atoms with E-state index in [2.05, 4.69) is 5.32 Å². The highest BCUT2D eigenvalue weighted by atomic mass is 16.2. The average Bonchev–Trinajstić information content (AvgIpc) is 2.34. The topological polar surface area (TPSA) is 66.5 Å². The highest BCUT2D eigenvalue weighted by Crippen LogP contribution is 2.19. The number of nitrogens with zero attached hydrogens (tertiary/aromatic N) is 1. The van der Waals surface area contributed by atoms with Gasteiger partial charge in [0.15, 0.2) is 5.78 Å². The third kappa shape index (κ3) is 2.25. The number of anilines is 1. The quantitative estimate of drug-likeness (QED) is 0.617. The summed E-state index contributed by atoms with van der Waals surface area (Å²) < 4.78 is 0. The fourth-order valence-electron chi connectivity index (χ4n) is 1.92. The number of hydrogen-bond donors (Lipinski definition) is 1. The standard InChI is InChI=1S/C13H14N2O3/c1-8-13(18)14-12(17)7-15(8)11-5-3-10(4-6-11)9(2)16/h3-6,8H,7H2,1-2H3,(H,14,17,18). The Morgan fingerprint density at radius 1 is 1.28 bits per heavy atom. The summed E-state index contributed by atoms with van der Waals surface area (Å²) in [6, 6.07) is 6.49. The maximum atomic E-state index is 11.5. The minimum absolute atomic E-state index is 0.0120. The molecule has 0 spiro atoms. The molecule has 1 aliphatic rings. The van der Waals surface area contributed by atoms with Crippen molar-refractivity contribution < 1.29 is 14.4 Å². The third-order valence-corrected chi connectivity index (χ3v) is 3.03. The van der Waals surface area contributed by atoms with Gasteiger partial charge in [-0.05, 0) is 38.1 Å². The number of amides is 2. The summed E-state index contributed by atoms with van der Waals surface area (Å²) in [4.78, 5) is 35.8. The van der Waals surface area contributed by atoms with Crippen LogP contribution in [0.3, 0.4) is 0 Å². The van der Waals surface area contributed by atoms with Crippen LogP contribution in [0.15, 0.2) is 24.3 Å². The van der Waals surface area contributed by atoms with Crippen LogP contribution in [0.4, 0.5) is 5.69 Å². The maximum absolute atomic E-state index is 11.5. The molecule has 2 amide bonds. The van der Waals surface area contributed by atoms with Crippen LogP contribution in [-0.2, 0) is 9.59 Å². The lowest BCUT2D eigenvalue weighted by atomic mass is 10.1. The van der Waals surface area contributed by atoms with Crippen molar-refractivity contribution in [1.82, 2.24) is 5.32 Å². The Bertz CT molecular complexity index is 507. The van der Waals surface area contributed by atoms with E-state index < -0.39 is 6.04 Å². The molecular weight excluding hydrogens is 232 g/mol. The molecule has 1 saturated heterocycles. The Balaban J connectivity index is 2.27. The number of ketones is 1. The zero-order chi connectivity index (χ0) is 13.3. The molecule has 0 radical (unpaired) electrons. The molecule has 1 atom stereocenters. The Morgan fingerprint density at radius 3 is 2.44 bits per heavy atom. The molecule has 2 rings (SSSR count). The summed E-state index contributed by atoms with van der Waals surface area (Å²) in [5.74, 6) is -0.627. The van der Waals surface area contributed by atoms with Crippen LogP contribution >= 0.6 is 0 Å². The molecule has 0 saturated carbocycles. The number of piperazine rings is 1. The normalized spacial score (nSPS) is 19.7. The number of nitrogens with one attached hydrogen (secondary N) is 1. The van der Waals surface area contributed by atoms with Gasteiger partial charge in [-0.3, -0.25) is 19.7 Å². The van der Waals surface area contributed by atoms with Crippen LogP contribution in [0.5, 0.6) is 0 Å². The van der Waals surface area contributed by atoms with Gasteiger partial charge in [-0.25, -0.2) is 0 Å². The average molecular weight is 246 g/mol. The van der Waals surface area contributed by atoms with Gasteiger partial charge in [-0.1, -0.05) is 0 Å². The van der Waals surface area contributed by atoms with Crippen LogP contribution in [-0.4, -0.2) is 30.2 Å². The van der Waals surface area contributed by atoms with Crippen LogP contribution < -0.4 is 10.2 Å². The van der Waals surface area contributed by atoms with Gasteiger partial charge in [0.05, 0.1) is 6.54 Å². The number of Topliss-reactive ketones (excluding diaryl/α,β-unsaturated/α-hetero) is 1. The van der Waals surface area contributed by atoms with Crippen LogP contribution in [0.1, 0.15) is 24.2 Å². The fraction of sp³-hybridized carbons (Fsp3) is 0.308. The van der Waals surface area contributed by atoms with E-state index in [0.29, 0.717) is 5.56 Å². The highest BCUT2D eigenvalue weighted by molar-refractivity contribution is 6.04. The van der Waals surface area contributed by atoms with Gasteiger partial charge in [-0.15, -0.1) is 0 Å². The largest absolute Gasteiger partial charge is 0.350 e. The molecule has 1 N–H and O–H groups in total. The summed E-state index contributed by atoms with van der Waals surface area (Å²) in [5, 5.41) is 2.28. The van der Waals surface area contributed by atoms with Crippen molar-refractivity contribution in [2.75, 3.05) is 11.4 Å². The Hall–Kier alpha value is -2.17. The molecule has 1 aromatic carbocycles. The Morgan fingerprint density at radius 2 is 1.89 bits per heavy atom. The molecule has 0 bridgehead atoms. The maximum Gasteiger partial charge on any atom is 0.249 e. The summed E-state index contributed by atoms with van der Waals surface area (Å²) in [7, 11) is 0. The van der Waals surface area contributed by atoms with Gasteiger partial charge >= 0.3 is 0 Å². The molecular formula is C13H14N2O3. The molecule has 1 unspecified atom stereocenters. The number of hydrogen-bond acceptors (Lipinski definition) is 4. The second-order valence-corrected chi connectivity index (χ2v) is 4.32. The van der Waals surface area contributed by atoms with Crippen molar-refractivity contribution in [1.29, 1.82) is 0 Å². The number of carbonyl (C=O) groups is 3. The summed E-state index contributed by atoms with van der Waals surface area (Å²) in [6.07, 6.45) is 0. The van der Waals surface area contributed by atoms with E-state index in [1.54, 1.807) is 36.1 Å². The number of rotatable bonds is 2. The van der Waals surface area contributed by atoms with Gasteiger partial charge in [0.1, 0.15) is 6.04 Å². The first-order valence-corrected chi connectivity index (χ1v) is 5.70. The van der Waals surface area contributed by atoms with Crippen molar-refractivity contribution in [2.45, 2.75) is 19.9 Å². The van der Waals surface area contributed by atoms with E-state index in [1.807, 2.05) is 0 Å². The van der Waals surface area contributed by atoms with E-state index in [-0.39, 0.29) is 24.1 Å². The first-order chi connectivity index (χ1) is 8.49. The first kappa shape index (κ1) is 12.3. The van der Waals surface area contributed by atoms with Gasteiger partial charge in [0, 0.05) is 11.3 Å². The lowest BCUT2D eigenvalue weighted by Crippen LogP contribution is -2.57. The molecule has 5 heteroatoms. The fourth-order valence-corrected chi connectivity index (χ4v) is 1.92. The molecule has 1 fully saturated rings. The molecule has 0 aliphatic carbocycles. The Kier molecular flexibility index (Phi) is 3.14. The number of imide groups is 1. The van der Waals surface area contributed by atoms with Gasteiger partial charge < -0.3 is 4.90 Å². The molecule has 1 aromatic rings. The Labute approximate surface area is 105 Å². The van der Waals surface area contributed by atoms with Gasteiger partial charge in [0.2, 0.25) is 11.8 Å². The van der Waals surface area contributed by atoms with E-state index in [1.165, 1.54) is 6.92 Å². The van der Waals surface area contributed by atoms with E-state index >= 15 is 0 Å². The zero-order valence-corrected chi connectivity index (χ0v) is 10.3. The molecule has 18 heavy (non-hydrogen) atoms. The molecule has 94 valence electrons. The minimum Gasteiger partial charge on any atom is -0.350 e.